The summed E-state index contributed by atoms with van der Waals surface area (Å²) in [7, 11) is 2.13. The summed E-state index contributed by atoms with van der Waals surface area (Å²) in [5.74, 6) is 1.24. The lowest BCUT2D eigenvalue weighted by molar-refractivity contribution is -0.120. The Morgan fingerprint density at radius 2 is 2.26 bits per heavy atom. The Labute approximate surface area is 163 Å². The molecule has 5 nitrogen and oxygen atoms in total. The molecule has 1 aliphatic heterocycles. The molecule has 1 aliphatic rings. The number of thiophene rings is 1. The van der Waals surface area contributed by atoms with Crippen LogP contribution in [0, 0.1) is 6.92 Å². The number of aryl methyl sites for hydroxylation is 2. The molecule has 0 spiro atoms. The summed E-state index contributed by atoms with van der Waals surface area (Å²) in [6, 6.07) is 10.4. The lowest BCUT2D eigenvalue weighted by atomic mass is 9.99. The molecule has 27 heavy (non-hydrogen) atoms. The molecule has 4 rings (SSSR count). The van der Waals surface area contributed by atoms with E-state index in [1.54, 1.807) is 11.3 Å². The van der Waals surface area contributed by atoms with Crippen LogP contribution in [0.4, 0.5) is 5.69 Å². The van der Waals surface area contributed by atoms with Gasteiger partial charge in [-0.1, -0.05) is 18.2 Å². The smallest absolute Gasteiger partial charge is 0.236 e. The average Bonchev–Trinajstić information content (AvgIpc) is 3.31. The highest BCUT2D eigenvalue weighted by Crippen LogP contribution is 2.27. The van der Waals surface area contributed by atoms with Gasteiger partial charge in [-0.15, -0.1) is 11.3 Å². The van der Waals surface area contributed by atoms with Crippen LogP contribution in [-0.4, -0.2) is 24.5 Å². The first-order valence-corrected chi connectivity index (χ1v) is 10.1. The molecular formula is C21H23N3O2S. The first kappa shape index (κ1) is 17.8. The fraction of sp³-hybridized carbons (Fsp3) is 0.333. The molecular weight excluding hydrogens is 358 g/mol. The normalized spacial score (nSPS) is 13.5. The zero-order valence-electron chi connectivity index (χ0n) is 15.6. The van der Waals surface area contributed by atoms with Crippen LogP contribution >= 0.6 is 11.3 Å². The highest BCUT2D eigenvalue weighted by molar-refractivity contribution is 7.13. The summed E-state index contributed by atoms with van der Waals surface area (Å²) >= 11 is 1.58. The quantitative estimate of drug-likeness (QED) is 0.727. The maximum absolute atomic E-state index is 12.4. The maximum atomic E-state index is 12.4. The Morgan fingerprint density at radius 1 is 1.37 bits per heavy atom. The largest absolute Gasteiger partial charge is 0.440 e. The predicted molar refractivity (Wildman–Crippen MR) is 108 cm³/mol. The molecule has 0 radical (unpaired) electrons. The van der Waals surface area contributed by atoms with Gasteiger partial charge in [-0.05, 0) is 48.4 Å². The Morgan fingerprint density at radius 3 is 3.07 bits per heavy atom. The van der Waals surface area contributed by atoms with E-state index in [0.29, 0.717) is 23.9 Å². The van der Waals surface area contributed by atoms with E-state index in [9.17, 15) is 4.79 Å². The van der Waals surface area contributed by atoms with Gasteiger partial charge in [-0.3, -0.25) is 4.79 Å². The van der Waals surface area contributed by atoms with Crippen molar-refractivity contribution in [3.05, 3.63) is 58.3 Å². The third-order valence-corrected chi connectivity index (χ3v) is 5.79. The minimum Gasteiger partial charge on any atom is -0.440 e. The molecule has 140 valence electrons. The van der Waals surface area contributed by atoms with Gasteiger partial charge in [0, 0.05) is 25.8 Å². The van der Waals surface area contributed by atoms with Crippen LogP contribution < -0.4 is 10.2 Å². The number of anilines is 1. The minimum atomic E-state index is -0.0426. The summed E-state index contributed by atoms with van der Waals surface area (Å²) in [4.78, 5) is 20.1. The first-order chi connectivity index (χ1) is 13.1. The Kier molecular flexibility index (Phi) is 4.99. The molecule has 1 N–H and O–H groups in total. The van der Waals surface area contributed by atoms with Gasteiger partial charge in [-0.2, -0.15) is 0 Å². The van der Waals surface area contributed by atoms with E-state index >= 15 is 0 Å². The molecule has 0 fully saturated rings. The van der Waals surface area contributed by atoms with Gasteiger partial charge < -0.3 is 14.6 Å². The zero-order valence-corrected chi connectivity index (χ0v) is 16.4. The van der Waals surface area contributed by atoms with Crippen molar-refractivity contribution in [3.8, 4) is 10.8 Å². The van der Waals surface area contributed by atoms with Crippen molar-refractivity contribution in [2.45, 2.75) is 32.7 Å². The van der Waals surface area contributed by atoms with Crippen molar-refractivity contribution in [3.63, 3.8) is 0 Å². The molecule has 1 amide bonds. The van der Waals surface area contributed by atoms with Crippen LogP contribution in [0.15, 0.2) is 40.1 Å². The van der Waals surface area contributed by atoms with Crippen LogP contribution in [0.3, 0.4) is 0 Å². The van der Waals surface area contributed by atoms with Gasteiger partial charge in [0.05, 0.1) is 17.0 Å². The van der Waals surface area contributed by atoms with E-state index in [0.717, 1.165) is 23.4 Å². The molecule has 0 unspecified atom stereocenters. The lowest BCUT2D eigenvalue weighted by Gasteiger charge is -2.27. The molecule has 0 aliphatic carbocycles. The first-order valence-electron chi connectivity index (χ1n) is 9.20. The number of rotatable bonds is 5. The summed E-state index contributed by atoms with van der Waals surface area (Å²) < 4.78 is 5.71. The molecule has 0 bridgehead atoms. The second-order valence-electron chi connectivity index (χ2n) is 6.94. The van der Waals surface area contributed by atoms with Crippen molar-refractivity contribution in [2.24, 2.45) is 0 Å². The van der Waals surface area contributed by atoms with E-state index in [2.05, 4.69) is 40.4 Å². The number of nitrogens with one attached hydrogen (secondary N) is 1. The van der Waals surface area contributed by atoms with Crippen molar-refractivity contribution >= 4 is 22.9 Å². The number of amides is 1. The summed E-state index contributed by atoms with van der Waals surface area (Å²) in [5, 5.41) is 4.99. The molecule has 0 saturated carbocycles. The van der Waals surface area contributed by atoms with Gasteiger partial charge in [-0.25, -0.2) is 4.98 Å². The lowest BCUT2D eigenvalue weighted by Crippen LogP contribution is -2.26. The summed E-state index contributed by atoms with van der Waals surface area (Å²) in [5.41, 5.74) is 4.50. The molecule has 6 heteroatoms. The van der Waals surface area contributed by atoms with Crippen molar-refractivity contribution in [1.82, 2.24) is 10.3 Å². The van der Waals surface area contributed by atoms with Crippen LogP contribution in [0.1, 0.15) is 29.0 Å². The number of hydrogen-bond donors (Lipinski definition) is 1. The van der Waals surface area contributed by atoms with Gasteiger partial charge in [0.15, 0.2) is 0 Å². The molecule has 3 heterocycles. The molecule has 1 aromatic carbocycles. The standard InChI is InChI=1S/C21H23N3O2S/c1-14-17(23-21(26-14)19-6-4-10-27-19)12-20(25)22-13-15-7-8-18-16(11-15)5-3-9-24(18)2/h4,6-8,10-11H,3,5,9,12-13H2,1-2H3,(H,22,25). The number of aromatic nitrogens is 1. The van der Waals surface area contributed by atoms with Crippen LogP contribution in [0.25, 0.3) is 10.8 Å². The van der Waals surface area contributed by atoms with Crippen LogP contribution in [-0.2, 0) is 24.2 Å². The van der Waals surface area contributed by atoms with Crippen molar-refractivity contribution in [1.29, 1.82) is 0 Å². The maximum Gasteiger partial charge on any atom is 0.236 e. The number of fused-ring (bicyclic) bond motifs is 1. The van der Waals surface area contributed by atoms with Crippen LogP contribution in [0.5, 0.6) is 0 Å². The van der Waals surface area contributed by atoms with Crippen molar-refractivity contribution < 1.29 is 9.21 Å². The summed E-state index contributed by atoms with van der Waals surface area (Å²) in [6.45, 7) is 3.49. The van der Waals surface area contributed by atoms with E-state index < -0.39 is 0 Å². The molecule has 2 aromatic heterocycles. The van der Waals surface area contributed by atoms with Gasteiger partial charge >= 0.3 is 0 Å². The van der Waals surface area contributed by atoms with Gasteiger partial charge in [0.1, 0.15) is 5.76 Å². The third-order valence-electron chi connectivity index (χ3n) is 4.94. The van der Waals surface area contributed by atoms with E-state index in [1.165, 1.54) is 17.7 Å². The number of carbonyl (C=O) groups excluding carboxylic acids is 1. The Hall–Kier alpha value is -2.60. The highest BCUT2D eigenvalue weighted by atomic mass is 32.1. The third kappa shape index (κ3) is 3.90. The molecule has 3 aromatic rings. The Bertz CT molecular complexity index is 946. The fourth-order valence-electron chi connectivity index (χ4n) is 3.46. The van der Waals surface area contributed by atoms with Gasteiger partial charge in [0.2, 0.25) is 11.8 Å². The van der Waals surface area contributed by atoms with E-state index in [4.69, 9.17) is 4.42 Å². The number of nitrogens with zero attached hydrogens (tertiary/aromatic N) is 2. The SMILES string of the molecule is Cc1oc(-c2cccs2)nc1CC(=O)NCc1ccc2c(c1)CCCN2C. The second kappa shape index (κ2) is 7.56. The second-order valence-corrected chi connectivity index (χ2v) is 7.89. The fourth-order valence-corrected chi connectivity index (χ4v) is 4.11. The predicted octanol–water partition coefficient (Wildman–Crippen LogP) is 3.95. The average molecular weight is 382 g/mol. The molecule has 0 atom stereocenters. The topological polar surface area (TPSA) is 58.4 Å². The van der Waals surface area contributed by atoms with Crippen molar-refractivity contribution in [2.75, 3.05) is 18.5 Å². The number of carbonyl (C=O) groups is 1. The van der Waals surface area contributed by atoms with Gasteiger partial charge in [0.25, 0.3) is 0 Å². The van der Waals surface area contributed by atoms with E-state index in [1.807, 2.05) is 24.4 Å². The highest BCUT2D eigenvalue weighted by Gasteiger charge is 2.16. The number of hydrogen-bond acceptors (Lipinski definition) is 5. The minimum absolute atomic E-state index is 0.0426. The monoisotopic (exact) mass is 381 g/mol. The van der Waals surface area contributed by atoms with Crippen LogP contribution in [0.2, 0.25) is 0 Å². The Balaban J connectivity index is 1.38. The summed E-state index contributed by atoms with van der Waals surface area (Å²) in [6.07, 6.45) is 2.51. The number of benzene rings is 1. The zero-order chi connectivity index (χ0) is 18.8. The number of oxazole rings is 1. The molecule has 0 saturated heterocycles. The van der Waals surface area contributed by atoms with E-state index in [-0.39, 0.29) is 12.3 Å².